The third-order valence-electron chi connectivity index (χ3n) is 3.46. The average molecular weight is 244 g/mol. The van der Waals surface area contributed by atoms with E-state index in [4.69, 9.17) is 0 Å². The Balaban J connectivity index is 1.77. The third-order valence-corrected chi connectivity index (χ3v) is 4.44. The fourth-order valence-electron chi connectivity index (χ4n) is 2.56. The van der Waals surface area contributed by atoms with Crippen LogP contribution in [-0.4, -0.2) is 5.11 Å². The largest absolute Gasteiger partial charge is 0.387 e. The van der Waals surface area contributed by atoms with Gasteiger partial charge in [0.2, 0.25) is 0 Å². The van der Waals surface area contributed by atoms with Crippen LogP contribution in [-0.2, 0) is 19.3 Å². The number of aryl methyl sites for hydroxylation is 2. The molecule has 0 bridgehead atoms. The fourth-order valence-corrected chi connectivity index (χ4v) is 3.27. The summed E-state index contributed by atoms with van der Waals surface area (Å²) in [6.45, 7) is 0. The van der Waals surface area contributed by atoms with Crippen LogP contribution in [0.2, 0.25) is 0 Å². The number of rotatable bonds is 3. The second-order valence-electron chi connectivity index (χ2n) is 4.69. The minimum atomic E-state index is -0.352. The smallest absolute Gasteiger partial charge is 0.0922 e. The second-order valence-corrected chi connectivity index (χ2v) is 5.67. The lowest BCUT2D eigenvalue weighted by Gasteiger charge is -2.10. The summed E-state index contributed by atoms with van der Waals surface area (Å²) in [7, 11) is 0. The summed E-state index contributed by atoms with van der Waals surface area (Å²) in [5.74, 6) is 0. The lowest BCUT2D eigenvalue weighted by Crippen LogP contribution is -2.00. The average Bonchev–Trinajstić information content (AvgIpc) is 2.99. The van der Waals surface area contributed by atoms with E-state index in [-0.39, 0.29) is 6.10 Å². The van der Waals surface area contributed by atoms with E-state index in [0.717, 1.165) is 11.3 Å². The van der Waals surface area contributed by atoms with Crippen molar-refractivity contribution in [1.82, 2.24) is 0 Å². The third kappa shape index (κ3) is 2.28. The van der Waals surface area contributed by atoms with Crippen molar-refractivity contribution in [2.24, 2.45) is 0 Å². The van der Waals surface area contributed by atoms with Gasteiger partial charge in [0.25, 0.3) is 0 Å². The van der Waals surface area contributed by atoms with E-state index in [1.165, 1.54) is 36.0 Å². The molecule has 0 saturated carbocycles. The summed E-state index contributed by atoms with van der Waals surface area (Å²) in [5, 5.41) is 12.1. The van der Waals surface area contributed by atoms with Crippen LogP contribution in [0.4, 0.5) is 0 Å². The van der Waals surface area contributed by atoms with Crippen LogP contribution in [0, 0.1) is 0 Å². The SMILES string of the molecule is OC(Cc1ccc2c(c1)CCC2)c1cccs1. The molecule has 2 heteroatoms. The quantitative estimate of drug-likeness (QED) is 0.876. The molecule has 0 aliphatic heterocycles. The minimum Gasteiger partial charge on any atom is -0.387 e. The molecule has 1 nitrogen and oxygen atoms in total. The highest BCUT2D eigenvalue weighted by Gasteiger charge is 2.13. The van der Waals surface area contributed by atoms with Gasteiger partial charge >= 0.3 is 0 Å². The van der Waals surface area contributed by atoms with Crippen LogP contribution in [0.25, 0.3) is 0 Å². The molecule has 88 valence electrons. The van der Waals surface area contributed by atoms with Gasteiger partial charge in [-0.1, -0.05) is 24.3 Å². The highest BCUT2D eigenvalue weighted by Crippen LogP contribution is 2.26. The standard InChI is InChI=1S/C15H16OS/c16-14(15-5-2-8-17-15)10-11-6-7-12-3-1-4-13(12)9-11/h2,5-9,14,16H,1,3-4,10H2. The van der Waals surface area contributed by atoms with Gasteiger partial charge in [0.15, 0.2) is 0 Å². The lowest BCUT2D eigenvalue weighted by molar-refractivity contribution is 0.182. The van der Waals surface area contributed by atoms with Crippen molar-refractivity contribution in [2.75, 3.05) is 0 Å². The van der Waals surface area contributed by atoms with E-state index in [9.17, 15) is 5.11 Å². The first kappa shape index (κ1) is 11.0. The van der Waals surface area contributed by atoms with Gasteiger partial charge in [0.05, 0.1) is 6.10 Å². The van der Waals surface area contributed by atoms with Crippen LogP contribution in [0.15, 0.2) is 35.7 Å². The van der Waals surface area contributed by atoms with E-state index in [2.05, 4.69) is 18.2 Å². The molecular weight excluding hydrogens is 228 g/mol. The van der Waals surface area contributed by atoms with Crippen molar-refractivity contribution in [3.8, 4) is 0 Å². The second kappa shape index (κ2) is 4.63. The van der Waals surface area contributed by atoms with Gasteiger partial charge in [0, 0.05) is 11.3 Å². The zero-order chi connectivity index (χ0) is 11.7. The summed E-state index contributed by atoms with van der Waals surface area (Å²) < 4.78 is 0. The van der Waals surface area contributed by atoms with Crippen molar-refractivity contribution < 1.29 is 5.11 Å². The Morgan fingerprint density at radius 1 is 1.18 bits per heavy atom. The Kier molecular flexibility index (Phi) is 3.00. The van der Waals surface area contributed by atoms with E-state index in [0.29, 0.717) is 0 Å². The molecule has 1 unspecified atom stereocenters. The molecule has 0 radical (unpaired) electrons. The number of thiophene rings is 1. The van der Waals surface area contributed by atoms with Gasteiger partial charge in [-0.2, -0.15) is 0 Å². The maximum Gasteiger partial charge on any atom is 0.0922 e. The van der Waals surface area contributed by atoms with Crippen LogP contribution in [0.3, 0.4) is 0 Å². The van der Waals surface area contributed by atoms with Gasteiger partial charge in [-0.25, -0.2) is 0 Å². The van der Waals surface area contributed by atoms with Gasteiger partial charge in [-0.3, -0.25) is 0 Å². The van der Waals surface area contributed by atoms with Gasteiger partial charge in [-0.05, 0) is 47.4 Å². The molecule has 0 spiro atoms. The Labute approximate surface area is 106 Å². The first-order valence-electron chi connectivity index (χ1n) is 6.15. The predicted octanol–water partition coefficient (Wildman–Crippen LogP) is 3.51. The highest BCUT2D eigenvalue weighted by atomic mass is 32.1. The van der Waals surface area contributed by atoms with Gasteiger partial charge in [-0.15, -0.1) is 11.3 Å². The van der Waals surface area contributed by atoms with Crippen LogP contribution < -0.4 is 0 Å². The summed E-state index contributed by atoms with van der Waals surface area (Å²) in [6.07, 6.45) is 4.09. The predicted molar refractivity (Wildman–Crippen MR) is 71.4 cm³/mol. The van der Waals surface area contributed by atoms with Crippen molar-refractivity contribution in [2.45, 2.75) is 31.8 Å². The first-order valence-corrected chi connectivity index (χ1v) is 7.03. The van der Waals surface area contributed by atoms with E-state index < -0.39 is 0 Å². The minimum absolute atomic E-state index is 0.352. The molecule has 1 aliphatic rings. The molecule has 1 N–H and O–H groups in total. The number of aliphatic hydroxyl groups excluding tert-OH is 1. The van der Waals surface area contributed by atoms with Crippen molar-refractivity contribution in [3.63, 3.8) is 0 Å². The van der Waals surface area contributed by atoms with Gasteiger partial charge < -0.3 is 5.11 Å². The molecule has 1 aromatic heterocycles. The summed E-state index contributed by atoms with van der Waals surface area (Å²) in [6, 6.07) is 10.7. The molecular formula is C15H16OS. The number of hydrogen-bond donors (Lipinski definition) is 1. The zero-order valence-corrected chi connectivity index (χ0v) is 10.5. The molecule has 0 saturated heterocycles. The monoisotopic (exact) mass is 244 g/mol. The topological polar surface area (TPSA) is 20.2 Å². The maximum absolute atomic E-state index is 10.1. The number of fused-ring (bicyclic) bond motifs is 1. The molecule has 17 heavy (non-hydrogen) atoms. The van der Waals surface area contributed by atoms with Gasteiger partial charge in [0.1, 0.15) is 0 Å². The zero-order valence-electron chi connectivity index (χ0n) is 9.73. The Bertz CT molecular complexity index is 502. The van der Waals surface area contributed by atoms with Crippen molar-refractivity contribution >= 4 is 11.3 Å². The Hall–Kier alpha value is -1.12. The van der Waals surface area contributed by atoms with Crippen molar-refractivity contribution in [1.29, 1.82) is 0 Å². The number of benzene rings is 1. The highest BCUT2D eigenvalue weighted by molar-refractivity contribution is 7.10. The Morgan fingerprint density at radius 3 is 2.88 bits per heavy atom. The Morgan fingerprint density at radius 2 is 2.06 bits per heavy atom. The summed E-state index contributed by atoms with van der Waals surface area (Å²) in [4.78, 5) is 1.06. The molecule has 1 aromatic carbocycles. The fraction of sp³-hybridized carbons (Fsp3) is 0.333. The number of aliphatic hydroxyl groups is 1. The molecule has 0 amide bonds. The first-order chi connectivity index (χ1) is 8.33. The summed E-state index contributed by atoms with van der Waals surface area (Å²) in [5.41, 5.74) is 4.24. The molecule has 1 heterocycles. The molecule has 0 fully saturated rings. The molecule has 2 aromatic rings. The molecule has 3 rings (SSSR count). The molecule has 1 atom stereocenters. The number of hydrogen-bond acceptors (Lipinski definition) is 2. The van der Waals surface area contributed by atoms with Crippen LogP contribution in [0.5, 0.6) is 0 Å². The normalized spacial score (nSPS) is 15.8. The summed E-state index contributed by atoms with van der Waals surface area (Å²) >= 11 is 1.63. The van der Waals surface area contributed by atoms with E-state index in [1.54, 1.807) is 11.3 Å². The van der Waals surface area contributed by atoms with Crippen LogP contribution >= 0.6 is 11.3 Å². The maximum atomic E-state index is 10.1. The van der Waals surface area contributed by atoms with E-state index >= 15 is 0 Å². The van der Waals surface area contributed by atoms with Crippen LogP contribution in [0.1, 0.15) is 34.1 Å². The lowest BCUT2D eigenvalue weighted by atomic mass is 10.0. The molecule has 1 aliphatic carbocycles. The van der Waals surface area contributed by atoms with Crippen molar-refractivity contribution in [3.05, 3.63) is 57.3 Å². The van der Waals surface area contributed by atoms with E-state index in [1.807, 2.05) is 17.5 Å².